The van der Waals surface area contributed by atoms with Crippen LogP contribution in [-0.2, 0) is 9.53 Å². The molecule has 0 radical (unpaired) electrons. The lowest BCUT2D eigenvalue weighted by molar-refractivity contribution is -0.137. The smallest absolute Gasteiger partial charge is 0.239 e. The number of rotatable bonds is 1. The Morgan fingerprint density at radius 3 is 2.67 bits per heavy atom. The van der Waals surface area contributed by atoms with Gasteiger partial charge < -0.3 is 15.0 Å². The zero-order valence-corrected chi connectivity index (χ0v) is 9.00. The zero-order chi connectivity index (χ0) is 10.3. The molecule has 84 valence electrons. The molecule has 2 saturated heterocycles. The lowest BCUT2D eigenvalue weighted by Crippen LogP contribution is -2.48. The van der Waals surface area contributed by atoms with Gasteiger partial charge in [0.1, 0.15) is 0 Å². The van der Waals surface area contributed by atoms with E-state index in [-0.39, 0.29) is 6.04 Å². The molecule has 4 heteroatoms. The van der Waals surface area contributed by atoms with Gasteiger partial charge in [-0.1, -0.05) is 0 Å². The van der Waals surface area contributed by atoms with Crippen molar-refractivity contribution in [3.63, 3.8) is 0 Å². The standard InChI is InChI=1S/C11H18N2O2/c14-10(13-3-5-15-6-4-13)9-7-11(1-2-11)8-12-9/h9,12H,1-8H2. The van der Waals surface area contributed by atoms with Crippen LogP contribution in [0, 0.1) is 5.41 Å². The zero-order valence-electron chi connectivity index (χ0n) is 9.00. The molecule has 1 unspecified atom stereocenters. The van der Waals surface area contributed by atoms with Gasteiger partial charge in [-0.25, -0.2) is 0 Å². The lowest BCUT2D eigenvalue weighted by atomic mass is 10.0. The van der Waals surface area contributed by atoms with Crippen molar-refractivity contribution < 1.29 is 9.53 Å². The van der Waals surface area contributed by atoms with Crippen LogP contribution in [0.15, 0.2) is 0 Å². The van der Waals surface area contributed by atoms with Gasteiger partial charge in [-0.05, 0) is 24.7 Å². The van der Waals surface area contributed by atoms with Crippen molar-refractivity contribution in [2.45, 2.75) is 25.3 Å². The molecule has 1 atom stereocenters. The van der Waals surface area contributed by atoms with E-state index in [0.717, 1.165) is 26.1 Å². The summed E-state index contributed by atoms with van der Waals surface area (Å²) in [6.07, 6.45) is 3.68. The van der Waals surface area contributed by atoms with Gasteiger partial charge >= 0.3 is 0 Å². The van der Waals surface area contributed by atoms with Crippen LogP contribution < -0.4 is 5.32 Å². The Morgan fingerprint density at radius 1 is 1.33 bits per heavy atom. The fourth-order valence-corrected chi connectivity index (χ4v) is 2.65. The molecule has 0 aromatic carbocycles. The summed E-state index contributed by atoms with van der Waals surface area (Å²) in [7, 11) is 0. The average molecular weight is 210 g/mol. The molecule has 2 heterocycles. The van der Waals surface area contributed by atoms with E-state index < -0.39 is 0 Å². The lowest BCUT2D eigenvalue weighted by Gasteiger charge is -2.29. The molecule has 1 N–H and O–H groups in total. The second-order valence-corrected chi connectivity index (χ2v) is 5.08. The summed E-state index contributed by atoms with van der Waals surface area (Å²) >= 11 is 0. The van der Waals surface area contributed by atoms with Gasteiger partial charge in [0.25, 0.3) is 0 Å². The summed E-state index contributed by atoms with van der Waals surface area (Å²) in [5.74, 6) is 0.294. The molecule has 15 heavy (non-hydrogen) atoms. The van der Waals surface area contributed by atoms with Gasteiger partial charge in [0, 0.05) is 19.6 Å². The highest BCUT2D eigenvalue weighted by Crippen LogP contribution is 2.51. The molecule has 0 bridgehead atoms. The molecule has 3 fully saturated rings. The van der Waals surface area contributed by atoms with Gasteiger partial charge in [0.15, 0.2) is 0 Å². The molecular formula is C11H18N2O2. The minimum absolute atomic E-state index is 0.0885. The fourth-order valence-electron chi connectivity index (χ4n) is 2.65. The minimum atomic E-state index is 0.0885. The average Bonchev–Trinajstić information content (AvgIpc) is 2.90. The van der Waals surface area contributed by atoms with Crippen molar-refractivity contribution in [1.29, 1.82) is 0 Å². The van der Waals surface area contributed by atoms with Crippen LogP contribution in [0.1, 0.15) is 19.3 Å². The Balaban J connectivity index is 1.59. The predicted molar refractivity (Wildman–Crippen MR) is 55.5 cm³/mol. The van der Waals surface area contributed by atoms with Crippen LogP contribution >= 0.6 is 0 Å². The van der Waals surface area contributed by atoms with Crippen molar-refractivity contribution in [3.05, 3.63) is 0 Å². The normalized spacial score (nSPS) is 33.3. The van der Waals surface area contributed by atoms with E-state index in [1.807, 2.05) is 4.90 Å². The third-order valence-corrected chi connectivity index (χ3v) is 3.94. The molecular weight excluding hydrogens is 192 g/mol. The maximum atomic E-state index is 12.1. The minimum Gasteiger partial charge on any atom is -0.378 e. The van der Waals surface area contributed by atoms with E-state index in [0.29, 0.717) is 24.5 Å². The van der Waals surface area contributed by atoms with Gasteiger partial charge in [-0.3, -0.25) is 4.79 Å². The first-order valence-electron chi connectivity index (χ1n) is 5.89. The van der Waals surface area contributed by atoms with Crippen LogP contribution in [0.25, 0.3) is 0 Å². The largest absolute Gasteiger partial charge is 0.378 e. The summed E-state index contributed by atoms with van der Waals surface area (Å²) in [5, 5.41) is 3.37. The van der Waals surface area contributed by atoms with E-state index in [1.165, 1.54) is 12.8 Å². The molecule has 0 aromatic rings. The van der Waals surface area contributed by atoms with Crippen molar-refractivity contribution in [3.8, 4) is 0 Å². The summed E-state index contributed by atoms with van der Waals surface area (Å²) in [4.78, 5) is 14.1. The number of morpholine rings is 1. The molecule has 1 saturated carbocycles. The summed E-state index contributed by atoms with van der Waals surface area (Å²) in [6, 6.07) is 0.0885. The first-order chi connectivity index (χ1) is 7.29. The molecule has 2 aliphatic heterocycles. The van der Waals surface area contributed by atoms with Gasteiger partial charge in [-0.15, -0.1) is 0 Å². The number of hydrogen-bond donors (Lipinski definition) is 1. The SMILES string of the molecule is O=C(C1CC2(CC2)CN1)N1CCOCC1. The number of nitrogens with zero attached hydrogens (tertiary/aromatic N) is 1. The Labute approximate surface area is 90.0 Å². The summed E-state index contributed by atoms with van der Waals surface area (Å²) < 4.78 is 5.25. The topological polar surface area (TPSA) is 41.6 Å². The summed E-state index contributed by atoms with van der Waals surface area (Å²) in [6.45, 7) is 3.98. The number of amides is 1. The molecule has 1 spiro atoms. The molecule has 3 aliphatic rings. The summed E-state index contributed by atoms with van der Waals surface area (Å²) in [5.41, 5.74) is 0.507. The highest BCUT2D eigenvalue weighted by atomic mass is 16.5. The molecule has 0 aromatic heterocycles. The van der Waals surface area contributed by atoms with Crippen molar-refractivity contribution >= 4 is 5.91 Å². The van der Waals surface area contributed by atoms with Crippen molar-refractivity contribution in [1.82, 2.24) is 10.2 Å². The van der Waals surface area contributed by atoms with E-state index in [1.54, 1.807) is 0 Å². The first-order valence-corrected chi connectivity index (χ1v) is 5.89. The number of ether oxygens (including phenoxy) is 1. The third-order valence-electron chi connectivity index (χ3n) is 3.94. The molecule has 1 aliphatic carbocycles. The van der Waals surface area contributed by atoms with E-state index >= 15 is 0 Å². The Morgan fingerprint density at radius 2 is 2.07 bits per heavy atom. The quantitative estimate of drug-likeness (QED) is 0.661. The third kappa shape index (κ3) is 1.76. The van der Waals surface area contributed by atoms with E-state index in [9.17, 15) is 4.79 Å². The molecule has 3 rings (SSSR count). The Kier molecular flexibility index (Phi) is 2.21. The maximum absolute atomic E-state index is 12.1. The van der Waals surface area contributed by atoms with Crippen LogP contribution in [0.5, 0.6) is 0 Å². The maximum Gasteiger partial charge on any atom is 0.239 e. The Bertz CT molecular complexity index is 270. The van der Waals surface area contributed by atoms with Gasteiger partial charge in [0.2, 0.25) is 5.91 Å². The predicted octanol–water partition coefficient (Wildman–Crippen LogP) is -0.0127. The van der Waals surface area contributed by atoms with Gasteiger partial charge in [-0.2, -0.15) is 0 Å². The second-order valence-electron chi connectivity index (χ2n) is 5.08. The van der Waals surface area contributed by atoms with Crippen molar-refractivity contribution in [2.24, 2.45) is 5.41 Å². The van der Waals surface area contributed by atoms with Crippen LogP contribution in [-0.4, -0.2) is 49.7 Å². The number of nitrogens with one attached hydrogen (secondary N) is 1. The second kappa shape index (κ2) is 3.46. The van der Waals surface area contributed by atoms with Crippen LogP contribution in [0.4, 0.5) is 0 Å². The highest BCUT2D eigenvalue weighted by Gasteiger charge is 2.50. The number of carbonyl (C=O) groups excluding carboxylic acids is 1. The molecule has 4 nitrogen and oxygen atoms in total. The van der Waals surface area contributed by atoms with Crippen molar-refractivity contribution in [2.75, 3.05) is 32.8 Å². The first kappa shape index (κ1) is 9.60. The Hall–Kier alpha value is -0.610. The monoisotopic (exact) mass is 210 g/mol. The van der Waals surface area contributed by atoms with Crippen LogP contribution in [0.3, 0.4) is 0 Å². The highest BCUT2D eigenvalue weighted by molar-refractivity contribution is 5.82. The van der Waals surface area contributed by atoms with Crippen LogP contribution in [0.2, 0.25) is 0 Å². The van der Waals surface area contributed by atoms with E-state index in [2.05, 4.69) is 5.32 Å². The number of hydrogen-bond acceptors (Lipinski definition) is 3. The molecule has 1 amide bonds. The van der Waals surface area contributed by atoms with Gasteiger partial charge in [0.05, 0.1) is 19.3 Å². The fraction of sp³-hybridized carbons (Fsp3) is 0.909. The number of carbonyl (C=O) groups is 1. The van der Waals surface area contributed by atoms with E-state index in [4.69, 9.17) is 4.74 Å².